The molecule has 2 fully saturated rings. The zero-order chi connectivity index (χ0) is 13.2. The molecule has 0 amide bonds. The second-order valence-corrected chi connectivity index (χ2v) is 6.80. The Morgan fingerprint density at radius 3 is 2.44 bits per heavy atom. The molecule has 2 nitrogen and oxygen atoms in total. The summed E-state index contributed by atoms with van der Waals surface area (Å²) >= 11 is 0. The lowest BCUT2D eigenvalue weighted by Gasteiger charge is -2.53. The highest BCUT2D eigenvalue weighted by Crippen LogP contribution is 2.38. The van der Waals surface area contributed by atoms with Gasteiger partial charge in [-0.05, 0) is 45.6 Å². The molecule has 1 saturated heterocycles. The van der Waals surface area contributed by atoms with E-state index in [4.69, 9.17) is 0 Å². The number of nitrogens with one attached hydrogen (secondary N) is 1. The first-order valence-electron chi connectivity index (χ1n) is 8.08. The maximum Gasteiger partial charge on any atom is 0.0184 e. The highest BCUT2D eigenvalue weighted by atomic mass is 15.2. The number of rotatable bonds is 3. The average Bonchev–Trinajstić information content (AvgIpc) is 2.36. The van der Waals surface area contributed by atoms with Gasteiger partial charge in [-0.1, -0.05) is 33.1 Å². The Labute approximate surface area is 114 Å². The Morgan fingerprint density at radius 1 is 1.17 bits per heavy atom. The minimum Gasteiger partial charge on any atom is -0.314 e. The molecule has 3 atom stereocenters. The smallest absolute Gasteiger partial charge is 0.0184 e. The molecule has 0 aromatic rings. The van der Waals surface area contributed by atoms with Crippen LogP contribution in [0.5, 0.6) is 0 Å². The number of hydrogen-bond acceptors (Lipinski definition) is 2. The third kappa shape index (κ3) is 2.75. The van der Waals surface area contributed by atoms with Crippen molar-refractivity contribution in [3.8, 4) is 0 Å². The normalized spacial score (nSPS) is 37.7. The van der Waals surface area contributed by atoms with Crippen LogP contribution in [-0.2, 0) is 0 Å². The first-order chi connectivity index (χ1) is 8.58. The summed E-state index contributed by atoms with van der Waals surface area (Å²) in [6.07, 6.45) is 8.48. The van der Waals surface area contributed by atoms with Gasteiger partial charge in [-0.2, -0.15) is 0 Å². The standard InChI is InChI=1S/C16H32N2/c1-5-17-15-9-12-18(14(3)13(15)2)16(4)10-7-6-8-11-16/h13-15,17H,5-12H2,1-4H3. The summed E-state index contributed by atoms with van der Waals surface area (Å²) in [5.74, 6) is 0.775. The van der Waals surface area contributed by atoms with E-state index >= 15 is 0 Å². The molecule has 0 spiro atoms. The molecule has 3 unspecified atom stereocenters. The molecule has 0 aromatic heterocycles. The van der Waals surface area contributed by atoms with Gasteiger partial charge in [-0.15, -0.1) is 0 Å². The monoisotopic (exact) mass is 252 g/mol. The molecule has 0 radical (unpaired) electrons. The largest absolute Gasteiger partial charge is 0.314 e. The number of nitrogens with zero attached hydrogens (tertiary/aromatic N) is 1. The molecular weight excluding hydrogens is 220 g/mol. The summed E-state index contributed by atoms with van der Waals surface area (Å²) in [4.78, 5) is 2.84. The van der Waals surface area contributed by atoms with Crippen LogP contribution in [0.25, 0.3) is 0 Å². The van der Waals surface area contributed by atoms with Crippen LogP contribution in [0.2, 0.25) is 0 Å². The van der Waals surface area contributed by atoms with Crippen molar-refractivity contribution in [2.24, 2.45) is 5.92 Å². The lowest BCUT2D eigenvalue weighted by molar-refractivity contribution is -0.0229. The lowest BCUT2D eigenvalue weighted by atomic mass is 9.77. The van der Waals surface area contributed by atoms with E-state index < -0.39 is 0 Å². The van der Waals surface area contributed by atoms with Crippen LogP contribution in [0.4, 0.5) is 0 Å². The van der Waals surface area contributed by atoms with Crippen molar-refractivity contribution in [1.29, 1.82) is 0 Å². The van der Waals surface area contributed by atoms with E-state index in [9.17, 15) is 0 Å². The molecule has 1 N–H and O–H groups in total. The maximum atomic E-state index is 3.67. The molecule has 1 aliphatic carbocycles. The van der Waals surface area contributed by atoms with Gasteiger partial charge in [0.2, 0.25) is 0 Å². The van der Waals surface area contributed by atoms with E-state index in [1.54, 1.807) is 0 Å². The highest BCUT2D eigenvalue weighted by Gasteiger charge is 2.41. The van der Waals surface area contributed by atoms with Crippen LogP contribution in [-0.4, -0.2) is 35.6 Å². The van der Waals surface area contributed by atoms with Gasteiger partial charge < -0.3 is 5.32 Å². The zero-order valence-electron chi connectivity index (χ0n) is 12.8. The van der Waals surface area contributed by atoms with Gasteiger partial charge in [0.25, 0.3) is 0 Å². The highest BCUT2D eigenvalue weighted by molar-refractivity contribution is 4.98. The first kappa shape index (κ1) is 14.3. The van der Waals surface area contributed by atoms with E-state index in [2.05, 4.69) is 37.9 Å². The Kier molecular flexibility index (Phi) is 4.71. The molecule has 2 heteroatoms. The van der Waals surface area contributed by atoms with Gasteiger partial charge >= 0.3 is 0 Å². The fourth-order valence-corrected chi connectivity index (χ4v) is 4.28. The summed E-state index contributed by atoms with van der Waals surface area (Å²) in [6.45, 7) is 12.0. The van der Waals surface area contributed by atoms with E-state index in [0.717, 1.165) is 24.5 Å². The van der Waals surface area contributed by atoms with E-state index in [1.165, 1.54) is 45.1 Å². The second kappa shape index (κ2) is 5.92. The summed E-state index contributed by atoms with van der Waals surface area (Å²) in [5, 5.41) is 3.67. The molecule has 2 rings (SSSR count). The van der Waals surface area contributed by atoms with Gasteiger partial charge in [-0.25, -0.2) is 0 Å². The minimum absolute atomic E-state index is 0.489. The van der Waals surface area contributed by atoms with Crippen LogP contribution in [0, 0.1) is 5.92 Å². The Hall–Kier alpha value is -0.0800. The van der Waals surface area contributed by atoms with Crippen LogP contribution < -0.4 is 5.32 Å². The van der Waals surface area contributed by atoms with Gasteiger partial charge in [0.05, 0.1) is 0 Å². The van der Waals surface area contributed by atoms with Crippen LogP contribution in [0.3, 0.4) is 0 Å². The fraction of sp³-hybridized carbons (Fsp3) is 1.00. The summed E-state index contributed by atoms with van der Waals surface area (Å²) in [7, 11) is 0. The van der Waals surface area contributed by atoms with Gasteiger partial charge in [0, 0.05) is 24.2 Å². The molecular formula is C16H32N2. The molecule has 18 heavy (non-hydrogen) atoms. The first-order valence-corrected chi connectivity index (χ1v) is 8.08. The van der Waals surface area contributed by atoms with Crippen molar-refractivity contribution >= 4 is 0 Å². The summed E-state index contributed by atoms with van der Waals surface area (Å²) in [6, 6.07) is 1.46. The van der Waals surface area contributed by atoms with Crippen LogP contribution in [0.15, 0.2) is 0 Å². The average molecular weight is 252 g/mol. The summed E-state index contributed by atoms with van der Waals surface area (Å²) in [5.41, 5.74) is 0.489. The van der Waals surface area contributed by atoms with Crippen molar-refractivity contribution in [3.63, 3.8) is 0 Å². The second-order valence-electron chi connectivity index (χ2n) is 6.80. The molecule has 0 bridgehead atoms. The zero-order valence-corrected chi connectivity index (χ0v) is 12.8. The third-order valence-corrected chi connectivity index (χ3v) is 5.66. The molecule has 106 valence electrons. The van der Waals surface area contributed by atoms with Crippen molar-refractivity contribution in [2.75, 3.05) is 13.1 Å². The molecule has 1 heterocycles. The topological polar surface area (TPSA) is 15.3 Å². The predicted octanol–water partition coefficient (Wildman–Crippen LogP) is 3.42. The number of likely N-dealkylation sites (tertiary alicyclic amines) is 1. The molecule has 1 aliphatic heterocycles. The Balaban J connectivity index is 2.02. The van der Waals surface area contributed by atoms with Crippen molar-refractivity contribution in [3.05, 3.63) is 0 Å². The van der Waals surface area contributed by atoms with Gasteiger partial charge in [-0.3, -0.25) is 4.90 Å². The quantitative estimate of drug-likeness (QED) is 0.828. The number of hydrogen-bond donors (Lipinski definition) is 1. The van der Waals surface area contributed by atoms with E-state index in [-0.39, 0.29) is 0 Å². The third-order valence-electron chi connectivity index (χ3n) is 5.66. The molecule has 0 aromatic carbocycles. The predicted molar refractivity (Wildman–Crippen MR) is 78.9 cm³/mol. The Morgan fingerprint density at radius 2 is 1.83 bits per heavy atom. The van der Waals surface area contributed by atoms with Crippen LogP contribution >= 0.6 is 0 Å². The number of piperidine rings is 1. The van der Waals surface area contributed by atoms with Crippen molar-refractivity contribution in [2.45, 2.75) is 83.8 Å². The van der Waals surface area contributed by atoms with Crippen molar-refractivity contribution < 1.29 is 0 Å². The maximum absolute atomic E-state index is 3.67. The SMILES string of the molecule is CCNC1CCN(C2(C)CCCCC2)C(C)C1C. The van der Waals surface area contributed by atoms with Crippen LogP contribution in [0.1, 0.15) is 66.2 Å². The minimum atomic E-state index is 0.489. The molecule has 2 aliphatic rings. The van der Waals surface area contributed by atoms with Gasteiger partial charge in [0.1, 0.15) is 0 Å². The molecule has 1 saturated carbocycles. The van der Waals surface area contributed by atoms with Crippen molar-refractivity contribution in [1.82, 2.24) is 10.2 Å². The van der Waals surface area contributed by atoms with Gasteiger partial charge in [0.15, 0.2) is 0 Å². The summed E-state index contributed by atoms with van der Waals surface area (Å²) < 4.78 is 0. The van der Waals surface area contributed by atoms with E-state index in [1.807, 2.05) is 0 Å². The Bertz CT molecular complexity index is 258. The van der Waals surface area contributed by atoms with E-state index in [0.29, 0.717) is 5.54 Å². The fourth-order valence-electron chi connectivity index (χ4n) is 4.28. The lowest BCUT2D eigenvalue weighted by Crippen LogP contribution is -2.61.